The van der Waals surface area contributed by atoms with Crippen LogP contribution in [0.1, 0.15) is 42.3 Å². The summed E-state index contributed by atoms with van der Waals surface area (Å²) in [5.74, 6) is 1.67. The number of aromatic nitrogens is 3. The highest BCUT2D eigenvalue weighted by atomic mass is 16.5. The summed E-state index contributed by atoms with van der Waals surface area (Å²) < 4.78 is 5.47. The van der Waals surface area contributed by atoms with E-state index in [0.717, 1.165) is 24.0 Å². The van der Waals surface area contributed by atoms with Crippen molar-refractivity contribution >= 4 is 0 Å². The Morgan fingerprint density at radius 1 is 1.17 bits per heavy atom. The van der Waals surface area contributed by atoms with Crippen molar-refractivity contribution in [2.75, 3.05) is 0 Å². The molecule has 0 radical (unpaired) electrons. The molecule has 23 heavy (non-hydrogen) atoms. The Labute approximate surface area is 136 Å². The van der Waals surface area contributed by atoms with Gasteiger partial charge in [-0.3, -0.25) is 4.98 Å². The minimum atomic E-state index is 0.340. The topological polar surface area (TPSA) is 51.8 Å². The van der Waals surface area contributed by atoms with Crippen molar-refractivity contribution in [3.8, 4) is 11.4 Å². The number of rotatable bonds is 5. The van der Waals surface area contributed by atoms with E-state index >= 15 is 0 Å². The maximum absolute atomic E-state index is 5.47. The van der Waals surface area contributed by atoms with E-state index in [1.807, 2.05) is 12.3 Å². The van der Waals surface area contributed by atoms with Crippen LogP contribution >= 0.6 is 0 Å². The maximum atomic E-state index is 5.47. The summed E-state index contributed by atoms with van der Waals surface area (Å²) in [5, 5.41) is 4.15. The molecular weight excluding hydrogens is 286 g/mol. The van der Waals surface area contributed by atoms with Crippen LogP contribution in [-0.4, -0.2) is 15.1 Å². The third-order valence-corrected chi connectivity index (χ3v) is 4.19. The molecule has 3 aromatic rings. The van der Waals surface area contributed by atoms with Crippen molar-refractivity contribution in [1.29, 1.82) is 0 Å². The molecule has 0 saturated carbocycles. The molecule has 118 valence electrons. The lowest BCUT2D eigenvalue weighted by Gasteiger charge is -2.11. The highest BCUT2D eigenvalue weighted by molar-refractivity contribution is 5.58. The molecule has 0 saturated heterocycles. The van der Waals surface area contributed by atoms with Gasteiger partial charge in [0.15, 0.2) is 0 Å². The van der Waals surface area contributed by atoms with Gasteiger partial charge < -0.3 is 4.52 Å². The van der Waals surface area contributed by atoms with E-state index in [-0.39, 0.29) is 0 Å². The van der Waals surface area contributed by atoms with Gasteiger partial charge in [0.2, 0.25) is 11.7 Å². The molecule has 0 spiro atoms. The van der Waals surface area contributed by atoms with Crippen LogP contribution < -0.4 is 0 Å². The fourth-order valence-corrected chi connectivity index (χ4v) is 2.89. The van der Waals surface area contributed by atoms with Crippen LogP contribution in [0.3, 0.4) is 0 Å². The molecule has 4 heteroatoms. The molecule has 3 rings (SSSR count). The van der Waals surface area contributed by atoms with E-state index in [1.54, 1.807) is 6.20 Å². The summed E-state index contributed by atoms with van der Waals surface area (Å²) >= 11 is 0. The van der Waals surface area contributed by atoms with Crippen molar-refractivity contribution in [2.24, 2.45) is 0 Å². The van der Waals surface area contributed by atoms with E-state index in [4.69, 9.17) is 4.52 Å². The minimum absolute atomic E-state index is 0.340. The Morgan fingerprint density at radius 2 is 2.00 bits per heavy atom. The van der Waals surface area contributed by atoms with Crippen LogP contribution in [-0.2, 0) is 12.8 Å². The van der Waals surface area contributed by atoms with Crippen LogP contribution in [0.25, 0.3) is 11.4 Å². The minimum Gasteiger partial charge on any atom is -0.339 e. The van der Waals surface area contributed by atoms with Crippen LogP contribution in [0.2, 0.25) is 0 Å². The second-order valence-corrected chi connectivity index (χ2v) is 5.86. The maximum Gasteiger partial charge on any atom is 0.227 e. The summed E-state index contributed by atoms with van der Waals surface area (Å²) in [6.45, 7) is 6.42. The smallest absolute Gasteiger partial charge is 0.227 e. The molecule has 1 unspecified atom stereocenters. The number of aryl methyl sites for hydroxylation is 2. The summed E-state index contributed by atoms with van der Waals surface area (Å²) in [6.07, 6.45) is 5.26. The van der Waals surface area contributed by atoms with Gasteiger partial charge in [-0.1, -0.05) is 43.3 Å². The van der Waals surface area contributed by atoms with Crippen molar-refractivity contribution < 1.29 is 4.52 Å². The molecular formula is C19H21N3O. The first-order chi connectivity index (χ1) is 11.2. The van der Waals surface area contributed by atoms with Crippen molar-refractivity contribution in [1.82, 2.24) is 15.1 Å². The van der Waals surface area contributed by atoms with Gasteiger partial charge in [0.1, 0.15) is 0 Å². The molecule has 0 amide bonds. The predicted octanol–water partition coefficient (Wildman–Crippen LogP) is 4.35. The highest BCUT2D eigenvalue weighted by Gasteiger charge is 2.16. The summed E-state index contributed by atoms with van der Waals surface area (Å²) in [6, 6.07) is 10.4. The van der Waals surface area contributed by atoms with Crippen molar-refractivity contribution in [2.45, 2.75) is 39.5 Å². The molecule has 0 fully saturated rings. The monoisotopic (exact) mass is 307 g/mol. The molecule has 2 heterocycles. The lowest BCUT2D eigenvalue weighted by atomic mass is 9.94. The van der Waals surface area contributed by atoms with Gasteiger partial charge in [-0.25, -0.2) is 0 Å². The lowest BCUT2D eigenvalue weighted by molar-refractivity contribution is 0.372. The van der Waals surface area contributed by atoms with Gasteiger partial charge in [0.25, 0.3) is 0 Å². The van der Waals surface area contributed by atoms with Crippen molar-refractivity contribution in [3.63, 3.8) is 0 Å². The predicted molar refractivity (Wildman–Crippen MR) is 90.2 cm³/mol. The van der Waals surface area contributed by atoms with Crippen LogP contribution in [0.15, 0.2) is 47.2 Å². The number of hydrogen-bond acceptors (Lipinski definition) is 4. The molecule has 0 aliphatic rings. The molecule has 0 bridgehead atoms. The average molecular weight is 307 g/mol. The van der Waals surface area contributed by atoms with Gasteiger partial charge >= 0.3 is 0 Å². The number of nitrogens with zero attached hydrogens (tertiary/aromatic N) is 3. The fourth-order valence-electron chi connectivity index (χ4n) is 2.89. The first-order valence-electron chi connectivity index (χ1n) is 8.00. The van der Waals surface area contributed by atoms with Crippen LogP contribution in [0.4, 0.5) is 0 Å². The second kappa shape index (κ2) is 6.73. The quantitative estimate of drug-likeness (QED) is 0.703. The standard InChI is InChI=1S/C19H21N3O/c1-4-15-12-20-10-9-17(15)19-21-18(23-22-19)11-14(3)16-8-6-5-7-13(16)2/h5-10,12,14H,4,11H2,1-3H3. The largest absolute Gasteiger partial charge is 0.339 e. The van der Waals surface area contributed by atoms with Gasteiger partial charge in [-0.15, -0.1) is 0 Å². The summed E-state index contributed by atoms with van der Waals surface area (Å²) in [4.78, 5) is 8.74. The zero-order chi connectivity index (χ0) is 16.2. The SMILES string of the molecule is CCc1cnccc1-c1noc(CC(C)c2ccccc2C)n1. The number of pyridine rings is 1. The zero-order valence-corrected chi connectivity index (χ0v) is 13.8. The highest BCUT2D eigenvalue weighted by Crippen LogP contribution is 2.25. The van der Waals surface area contributed by atoms with Crippen LogP contribution in [0.5, 0.6) is 0 Å². The van der Waals surface area contributed by atoms with Crippen LogP contribution in [0, 0.1) is 6.92 Å². The number of benzene rings is 1. The lowest BCUT2D eigenvalue weighted by Crippen LogP contribution is -2.01. The molecule has 0 N–H and O–H groups in total. The third-order valence-electron chi connectivity index (χ3n) is 4.19. The van der Waals surface area contributed by atoms with E-state index in [9.17, 15) is 0 Å². The Hall–Kier alpha value is -2.49. The second-order valence-electron chi connectivity index (χ2n) is 5.86. The normalized spacial score (nSPS) is 12.3. The Morgan fingerprint density at radius 3 is 2.78 bits per heavy atom. The van der Waals surface area contributed by atoms with E-state index in [0.29, 0.717) is 17.6 Å². The summed E-state index contributed by atoms with van der Waals surface area (Å²) in [7, 11) is 0. The summed E-state index contributed by atoms with van der Waals surface area (Å²) in [5.41, 5.74) is 4.75. The molecule has 4 nitrogen and oxygen atoms in total. The fraction of sp³-hybridized carbons (Fsp3) is 0.316. The molecule has 0 aliphatic heterocycles. The Balaban J connectivity index is 1.81. The first-order valence-corrected chi connectivity index (χ1v) is 8.00. The third kappa shape index (κ3) is 3.31. The molecule has 1 atom stereocenters. The van der Waals surface area contributed by atoms with Gasteiger partial charge in [-0.2, -0.15) is 4.98 Å². The van der Waals surface area contributed by atoms with Gasteiger partial charge in [-0.05, 0) is 42.0 Å². The average Bonchev–Trinajstić information content (AvgIpc) is 3.03. The zero-order valence-electron chi connectivity index (χ0n) is 13.8. The van der Waals surface area contributed by atoms with Gasteiger partial charge in [0, 0.05) is 24.4 Å². The van der Waals surface area contributed by atoms with Crippen molar-refractivity contribution in [3.05, 3.63) is 65.3 Å². The van der Waals surface area contributed by atoms with E-state index in [2.05, 4.69) is 60.2 Å². The van der Waals surface area contributed by atoms with E-state index < -0.39 is 0 Å². The number of hydrogen-bond donors (Lipinski definition) is 0. The Kier molecular flexibility index (Phi) is 4.51. The Bertz CT molecular complexity index is 795. The molecule has 1 aromatic carbocycles. The first kappa shape index (κ1) is 15.4. The van der Waals surface area contributed by atoms with E-state index in [1.165, 1.54) is 11.1 Å². The molecule has 2 aromatic heterocycles. The molecule has 0 aliphatic carbocycles. The van der Waals surface area contributed by atoms with Gasteiger partial charge in [0.05, 0.1) is 0 Å².